The maximum Gasteiger partial charge on any atom is 0.134 e. The van der Waals surface area contributed by atoms with E-state index in [9.17, 15) is 0 Å². The van der Waals surface area contributed by atoms with Crippen LogP contribution in [0.4, 0.5) is 0 Å². The number of hydrogen-bond donors (Lipinski definition) is 0. The first-order chi connectivity index (χ1) is 11.0. The molecule has 0 saturated heterocycles. The maximum atomic E-state index is 6.06. The summed E-state index contributed by atoms with van der Waals surface area (Å²) in [5, 5.41) is 1.22. The Morgan fingerprint density at radius 3 is 2.78 bits per heavy atom. The highest BCUT2D eigenvalue weighted by molar-refractivity contribution is 5.82. The highest BCUT2D eigenvalue weighted by Gasteiger charge is 2.16. The van der Waals surface area contributed by atoms with Crippen molar-refractivity contribution >= 4 is 11.0 Å². The fraction of sp³-hybridized carbons (Fsp3) is 0.368. The molecule has 2 aromatic heterocycles. The van der Waals surface area contributed by atoms with E-state index in [4.69, 9.17) is 4.42 Å². The summed E-state index contributed by atoms with van der Waals surface area (Å²) in [6.07, 6.45) is 6.16. The molecule has 0 aliphatic heterocycles. The second kappa shape index (κ2) is 6.50. The van der Waals surface area contributed by atoms with Crippen LogP contribution in [0.5, 0.6) is 0 Å². The number of aryl methyl sites for hydroxylation is 2. The average Bonchev–Trinajstić information content (AvgIpc) is 2.84. The first kappa shape index (κ1) is 15.7. The van der Waals surface area contributed by atoms with E-state index >= 15 is 0 Å². The van der Waals surface area contributed by atoms with Gasteiger partial charge in [0.2, 0.25) is 0 Å². The van der Waals surface area contributed by atoms with Crippen molar-refractivity contribution in [3.05, 3.63) is 59.4 Å². The Morgan fingerprint density at radius 1 is 1.22 bits per heavy atom. The molecule has 0 radical (unpaired) electrons. The molecule has 1 aromatic carbocycles. The van der Waals surface area contributed by atoms with E-state index in [-0.39, 0.29) is 0 Å². The van der Waals surface area contributed by atoms with E-state index in [0.717, 1.165) is 30.0 Å². The first-order valence-corrected chi connectivity index (χ1v) is 7.98. The normalized spacial score (nSPS) is 12.9. The van der Waals surface area contributed by atoms with E-state index < -0.39 is 0 Å². The van der Waals surface area contributed by atoms with Crippen molar-refractivity contribution in [1.29, 1.82) is 0 Å². The number of benzene rings is 1. The van der Waals surface area contributed by atoms with Gasteiger partial charge in [0.15, 0.2) is 0 Å². The lowest BCUT2D eigenvalue weighted by Gasteiger charge is -2.23. The van der Waals surface area contributed by atoms with Crippen LogP contribution in [-0.4, -0.2) is 28.0 Å². The molecule has 0 spiro atoms. The summed E-state index contributed by atoms with van der Waals surface area (Å²) in [5.41, 5.74) is 4.49. The van der Waals surface area contributed by atoms with Crippen molar-refractivity contribution in [3.63, 3.8) is 0 Å². The lowest BCUT2D eigenvalue weighted by Crippen LogP contribution is -2.30. The van der Waals surface area contributed by atoms with Crippen molar-refractivity contribution in [2.75, 3.05) is 7.05 Å². The van der Waals surface area contributed by atoms with Gasteiger partial charge in [0, 0.05) is 36.4 Å². The summed E-state index contributed by atoms with van der Waals surface area (Å²) >= 11 is 0. The third-order valence-electron chi connectivity index (χ3n) is 4.46. The van der Waals surface area contributed by atoms with Crippen molar-refractivity contribution in [2.24, 2.45) is 0 Å². The Balaban J connectivity index is 1.74. The lowest BCUT2D eigenvalue weighted by atomic mass is 10.1. The van der Waals surface area contributed by atoms with Gasteiger partial charge in [0.25, 0.3) is 0 Å². The summed E-state index contributed by atoms with van der Waals surface area (Å²) in [4.78, 5) is 10.8. The molecule has 120 valence electrons. The molecule has 0 amide bonds. The molecule has 23 heavy (non-hydrogen) atoms. The molecule has 2 heterocycles. The van der Waals surface area contributed by atoms with Gasteiger partial charge in [-0.15, -0.1) is 0 Å². The molecule has 0 aliphatic carbocycles. The average molecular weight is 309 g/mol. The van der Waals surface area contributed by atoms with Crippen LogP contribution in [0.25, 0.3) is 11.0 Å². The van der Waals surface area contributed by atoms with Gasteiger partial charge in [-0.3, -0.25) is 14.9 Å². The predicted molar refractivity (Wildman–Crippen MR) is 92.4 cm³/mol. The molecule has 0 saturated carbocycles. The van der Waals surface area contributed by atoms with E-state index in [1.807, 2.05) is 6.20 Å². The van der Waals surface area contributed by atoms with Gasteiger partial charge in [0.1, 0.15) is 11.3 Å². The molecular formula is C19H23N3O. The van der Waals surface area contributed by atoms with Crippen molar-refractivity contribution in [1.82, 2.24) is 14.9 Å². The van der Waals surface area contributed by atoms with Crippen LogP contribution >= 0.6 is 0 Å². The van der Waals surface area contributed by atoms with Gasteiger partial charge in [-0.25, -0.2) is 0 Å². The fourth-order valence-corrected chi connectivity index (χ4v) is 2.81. The molecule has 1 atom stereocenters. The Bertz CT molecular complexity index is 795. The summed E-state index contributed by atoms with van der Waals surface area (Å²) in [6, 6.07) is 6.71. The van der Waals surface area contributed by atoms with Crippen LogP contribution < -0.4 is 0 Å². The van der Waals surface area contributed by atoms with Crippen molar-refractivity contribution in [3.8, 4) is 0 Å². The number of hydrogen-bond acceptors (Lipinski definition) is 4. The summed E-state index contributed by atoms with van der Waals surface area (Å²) < 4.78 is 6.06. The quantitative estimate of drug-likeness (QED) is 0.717. The lowest BCUT2D eigenvalue weighted by molar-refractivity contribution is 0.229. The monoisotopic (exact) mass is 309 g/mol. The molecule has 4 nitrogen and oxygen atoms in total. The van der Waals surface area contributed by atoms with E-state index in [1.54, 1.807) is 12.4 Å². The van der Waals surface area contributed by atoms with Crippen LogP contribution in [0.1, 0.15) is 29.5 Å². The number of nitrogens with zero attached hydrogens (tertiary/aromatic N) is 3. The Labute approximate surface area is 137 Å². The number of furan rings is 1. The topological polar surface area (TPSA) is 42.2 Å². The molecule has 0 fully saturated rings. The summed E-state index contributed by atoms with van der Waals surface area (Å²) in [6.45, 7) is 7.25. The minimum Gasteiger partial charge on any atom is -0.459 e. The zero-order valence-electron chi connectivity index (χ0n) is 14.2. The standard InChI is InChI=1S/C19H23N3O/c1-13-5-6-18-17(9-13)15(3)19(23-18)12-22(4)14(2)10-16-11-20-7-8-21-16/h5-9,11,14H,10,12H2,1-4H3/t14-/m0/s1. The molecule has 0 aliphatic rings. The molecule has 4 heteroatoms. The number of aromatic nitrogens is 2. The number of rotatable bonds is 5. The molecule has 3 rings (SSSR count). The minimum absolute atomic E-state index is 0.362. The van der Waals surface area contributed by atoms with Gasteiger partial charge in [-0.2, -0.15) is 0 Å². The van der Waals surface area contributed by atoms with E-state index in [0.29, 0.717) is 6.04 Å². The van der Waals surface area contributed by atoms with E-state index in [1.165, 1.54) is 16.5 Å². The second-order valence-corrected chi connectivity index (χ2v) is 6.31. The number of likely N-dealkylation sites (N-methyl/N-ethyl adjacent to an activating group) is 1. The predicted octanol–water partition coefficient (Wildman–Crippen LogP) is 3.90. The van der Waals surface area contributed by atoms with Crippen LogP contribution in [0.3, 0.4) is 0 Å². The van der Waals surface area contributed by atoms with Gasteiger partial charge in [-0.05, 0) is 45.5 Å². The fourth-order valence-electron chi connectivity index (χ4n) is 2.81. The molecule has 3 aromatic rings. The molecule has 0 unspecified atom stereocenters. The molecular weight excluding hydrogens is 286 g/mol. The Morgan fingerprint density at radius 2 is 2.04 bits per heavy atom. The summed E-state index contributed by atoms with van der Waals surface area (Å²) in [7, 11) is 2.12. The van der Waals surface area contributed by atoms with E-state index in [2.05, 4.69) is 60.9 Å². The largest absolute Gasteiger partial charge is 0.459 e. The maximum absolute atomic E-state index is 6.06. The zero-order chi connectivity index (χ0) is 16.4. The first-order valence-electron chi connectivity index (χ1n) is 7.98. The van der Waals surface area contributed by atoms with Gasteiger partial charge in [0.05, 0.1) is 12.2 Å². The summed E-state index contributed by atoms with van der Waals surface area (Å²) in [5.74, 6) is 1.04. The van der Waals surface area contributed by atoms with Gasteiger partial charge < -0.3 is 4.42 Å². The van der Waals surface area contributed by atoms with Crippen LogP contribution in [-0.2, 0) is 13.0 Å². The van der Waals surface area contributed by atoms with Crippen LogP contribution in [0, 0.1) is 13.8 Å². The van der Waals surface area contributed by atoms with Gasteiger partial charge in [-0.1, -0.05) is 11.6 Å². The Kier molecular flexibility index (Phi) is 4.44. The van der Waals surface area contributed by atoms with Crippen molar-refractivity contribution in [2.45, 2.75) is 39.8 Å². The number of fused-ring (bicyclic) bond motifs is 1. The van der Waals surface area contributed by atoms with Gasteiger partial charge >= 0.3 is 0 Å². The molecule has 0 bridgehead atoms. The van der Waals surface area contributed by atoms with Crippen LogP contribution in [0.2, 0.25) is 0 Å². The highest BCUT2D eigenvalue weighted by atomic mass is 16.3. The highest BCUT2D eigenvalue weighted by Crippen LogP contribution is 2.27. The van der Waals surface area contributed by atoms with Crippen molar-refractivity contribution < 1.29 is 4.42 Å². The third-order valence-corrected chi connectivity index (χ3v) is 4.46. The minimum atomic E-state index is 0.362. The third kappa shape index (κ3) is 3.42. The second-order valence-electron chi connectivity index (χ2n) is 6.31. The Hall–Kier alpha value is -2.20. The van der Waals surface area contributed by atoms with Crippen LogP contribution in [0.15, 0.2) is 41.2 Å². The molecule has 0 N–H and O–H groups in total. The smallest absolute Gasteiger partial charge is 0.134 e. The SMILES string of the molecule is Cc1ccc2oc(CN(C)[C@@H](C)Cc3cnccn3)c(C)c2c1. The zero-order valence-corrected chi connectivity index (χ0v) is 14.2.